The summed E-state index contributed by atoms with van der Waals surface area (Å²) in [6, 6.07) is 14.8. The number of fused-ring (bicyclic) bond motifs is 1. The first-order valence-corrected chi connectivity index (χ1v) is 15.4. The number of phenolic OH excluding ortho intramolecular Hbond substituents is 1. The first-order valence-electron chi connectivity index (χ1n) is 14.6. The molecule has 1 heterocycles. The van der Waals surface area contributed by atoms with Gasteiger partial charge in [-0.25, -0.2) is 0 Å². The summed E-state index contributed by atoms with van der Waals surface area (Å²) in [4.78, 5) is 28.6. The number of rotatable bonds is 9. The van der Waals surface area contributed by atoms with Crippen molar-refractivity contribution < 1.29 is 30.0 Å². The summed E-state index contributed by atoms with van der Waals surface area (Å²) in [7, 11) is 0. The van der Waals surface area contributed by atoms with Gasteiger partial charge in [0.25, 0.3) is 0 Å². The van der Waals surface area contributed by atoms with Crippen molar-refractivity contribution in [3.8, 4) is 5.75 Å². The third-order valence-corrected chi connectivity index (χ3v) is 9.55. The molecular weight excluding hydrogens is 586 g/mol. The van der Waals surface area contributed by atoms with Gasteiger partial charge in [-0.3, -0.25) is 14.5 Å². The number of carbonyl (C=O) groups is 2. The average molecular weight is 625 g/mol. The van der Waals surface area contributed by atoms with Crippen LogP contribution >= 0.6 is 15.9 Å². The molecule has 0 spiro atoms. The Morgan fingerprint density at radius 2 is 1.76 bits per heavy atom. The molecule has 0 bridgehead atoms. The van der Waals surface area contributed by atoms with E-state index in [0.29, 0.717) is 23.1 Å². The molecule has 1 aliphatic heterocycles. The topological polar surface area (TPSA) is 118 Å². The Morgan fingerprint density at radius 3 is 2.44 bits per heavy atom. The lowest BCUT2D eigenvalue weighted by molar-refractivity contribution is -0.143. The van der Waals surface area contributed by atoms with E-state index in [1.807, 2.05) is 42.5 Å². The molecule has 1 saturated carbocycles. The van der Waals surface area contributed by atoms with E-state index in [1.54, 1.807) is 12.1 Å². The standard InChI is InChI=1S/C33H38BrNO6/c34-24-12-14-28(38)22(16-24)15-21(20-7-3-1-4-8-20)11-13-29(39)30-23(18-36)17-26-31(27(30)19-37)33(41)35(32(26)40)25-9-5-2-6-10-25/h1,3-4,7-8,12,14-16,25-27,29,31,36-39H,2,5-6,9-11,13,17-19H2/b21-15-/t26-,27+,29-,31-/m1/s1. The number of phenols is 1. The lowest BCUT2D eigenvalue weighted by Crippen LogP contribution is -2.42. The molecule has 4 N–H and O–H groups in total. The van der Waals surface area contributed by atoms with Gasteiger partial charge in [0.2, 0.25) is 11.8 Å². The molecule has 3 aliphatic rings. The largest absolute Gasteiger partial charge is 0.507 e. The summed E-state index contributed by atoms with van der Waals surface area (Å²) in [6.07, 6.45) is 6.48. The molecule has 7 nitrogen and oxygen atoms in total. The molecule has 2 aromatic rings. The van der Waals surface area contributed by atoms with E-state index in [4.69, 9.17) is 0 Å². The molecule has 5 rings (SSSR count). The van der Waals surface area contributed by atoms with Gasteiger partial charge in [0.1, 0.15) is 5.75 Å². The quantitative estimate of drug-likeness (QED) is 0.176. The second-order valence-electron chi connectivity index (χ2n) is 11.5. The van der Waals surface area contributed by atoms with Gasteiger partial charge in [0, 0.05) is 22.0 Å². The van der Waals surface area contributed by atoms with Gasteiger partial charge in [-0.1, -0.05) is 65.5 Å². The van der Waals surface area contributed by atoms with Crippen LogP contribution in [0.1, 0.15) is 62.5 Å². The van der Waals surface area contributed by atoms with Crippen LogP contribution in [-0.2, 0) is 9.59 Å². The monoisotopic (exact) mass is 623 g/mol. The van der Waals surface area contributed by atoms with Crippen molar-refractivity contribution >= 4 is 39.4 Å². The van der Waals surface area contributed by atoms with Crippen LogP contribution in [0.15, 0.2) is 64.1 Å². The van der Waals surface area contributed by atoms with Crippen molar-refractivity contribution in [1.82, 2.24) is 4.90 Å². The summed E-state index contributed by atoms with van der Waals surface area (Å²) in [5, 5.41) is 42.8. The Morgan fingerprint density at radius 1 is 1.02 bits per heavy atom. The fourth-order valence-electron chi connectivity index (χ4n) is 7.06. The highest BCUT2D eigenvalue weighted by Gasteiger charge is 2.56. The van der Waals surface area contributed by atoms with Gasteiger partial charge in [0.05, 0.1) is 31.2 Å². The number of hydrogen-bond acceptors (Lipinski definition) is 6. The zero-order chi connectivity index (χ0) is 29.1. The second-order valence-corrected chi connectivity index (χ2v) is 12.4. The lowest BCUT2D eigenvalue weighted by atomic mass is 9.68. The fourth-order valence-corrected chi connectivity index (χ4v) is 7.44. The Balaban J connectivity index is 1.41. The number of aromatic hydroxyl groups is 1. The maximum atomic E-state index is 13.7. The Hall–Kier alpha value is -2.78. The highest BCUT2D eigenvalue weighted by atomic mass is 79.9. The SMILES string of the molecule is O=C1[C@@H]2[C@@H](CC(CO)=C([C@H](O)CC/C(=C/c3cc(Br)ccc3O)c3ccccc3)[C@@H]2CO)C(=O)N1C1CCCCC1. The Labute approximate surface area is 249 Å². The van der Waals surface area contributed by atoms with Crippen LogP contribution in [0.4, 0.5) is 0 Å². The van der Waals surface area contributed by atoms with Gasteiger partial charge in [0.15, 0.2) is 0 Å². The number of allylic oxidation sites excluding steroid dienone is 1. The number of nitrogens with zero attached hydrogens (tertiary/aromatic N) is 1. The van der Waals surface area contributed by atoms with Crippen molar-refractivity contribution in [2.24, 2.45) is 17.8 Å². The number of amides is 2. The van der Waals surface area contributed by atoms with E-state index >= 15 is 0 Å². The maximum absolute atomic E-state index is 13.7. The van der Waals surface area contributed by atoms with Crippen LogP contribution in [0.5, 0.6) is 5.75 Å². The van der Waals surface area contributed by atoms with E-state index in [2.05, 4.69) is 15.9 Å². The van der Waals surface area contributed by atoms with Crippen molar-refractivity contribution in [3.05, 3.63) is 75.3 Å². The van der Waals surface area contributed by atoms with Gasteiger partial charge in [-0.05, 0) is 78.7 Å². The van der Waals surface area contributed by atoms with E-state index in [9.17, 15) is 30.0 Å². The van der Waals surface area contributed by atoms with Crippen molar-refractivity contribution in [3.63, 3.8) is 0 Å². The van der Waals surface area contributed by atoms with Gasteiger partial charge >= 0.3 is 0 Å². The Kier molecular flexibility index (Phi) is 9.44. The normalized spacial score (nSPS) is 24.6. The zero-order valence-electron chi connectivity index (χ0n) is 23.1. The van der Waals surface area contributed by atoms with Crippen LogP contribution in [0.3, 0.4) is 0 Å². The zero-order valence-corrected chi connectivity index (χ0v) is 24.7. The molecule has 2 amide bonds. The molecule has 0 aromatic heterocycles. The minimum Gasteiger partial charge on any atom is -0.507 e. The van der Waals surface area contributed by atoms with Crippen LogP contribution in [0.25, 0.3) is 11.6 Å². The molecule has 0 radical (unpaired) electrons. The summed E-state index contributed by atoms with van der Waals surface area (Å²) in [5.41, 5.74) is 3.50. The number of benzene rings is 2. The predicted molar refractivity (Wildman–Crippen MR) is 160 cm³/mol. The number of likely N-dealkylation sites (tertiary alicyclic amines) is 1. The summed E-state index contributed by atoms with van der Waals surface area (Å²) in [6.45, 7) is -0.730. The van der Waals surface area contributed by atoms with Crippen LogP contribution in [0, 0.1) is 17.8 Å². The molecular formula is C33H38BrNO6. The number of aliphatic hydroxyl groups is 3. The van der Waals surface area contributed by atoms with E-state index in [0.717, 1.165) is 47.7 Å². The number of hydrogen-bond donors (Lipinski definition) is 4. The first kappa shape index (κ1) is 29.7. The molecule has 218 valence electrons. The molecule has 2 fully saturated rings. The fraction of sp³-hybridized carbons (Fsp3) is 0.455. The highest BCUT2D eigenvalue weighted by molar-refractivity contribution is 9.10. The average Bonchev–Trinajstić information content (AvgIpc) is 3.25. The molecule has 0 unspecified atom stereocenters. The highest BCUT2D eigenvalue weighted by Crippen LogP contribution is 2.47. The minimum absolute atomic E-state index is 0.104. The number of carbonyl (C=O) groups excluding carboxylic acids is 2. The van der Waals surface area contributed by atoms with Crippen LogP contribution in [-0.4, -0.2) is 62.5 Å². The number of aliphatic hydroxyl groups excluding tert-OH is 3. The van der Waals surface area contributed by atoms with E-state index in [-0.39, 0.29) is 49.7 Å². The van der Waals surface area contributed by atoms with Crippen molar-refractivity contribution in [2.45, 2.75) is 63.5 Å². The summed E-state index contributed by atoms with van der Waals surface area (Å²) in [5.74, 6) is -2.38. The van der Waals surface area contributed by atoms with E-state index < -0.39 is 23.9 Å². The number of imide groups is 1. The van der Waals surface area contributed by atoms with Crippen molar-refractivity contribution in [2.75, 3.05) is 13.2 Å². The molecule has 2 aromatic carbocycles. The van der Waals surface area contributed by atoms with Crippen molar-refractivity contribution in [1.29, 1.82) is 0 Å². The second kappa shape index (κ2) is 13.0. The molecule has 41 heavy (non-hydrogen) atoms. The molecule has 2 aliphatic carbocycles. The van der Waals surface area contributed by atoms with Gasteiger partial charge < -0.3 is 20.4 Å². The lowest BCUT2D eigenvalue weighted by Gasteiger charge is -2.36. The summed E-state index contributed by atoms with van der Waals surface area (Å²) < 4.78 is 0.826. The Bertz CT molecular complexity index is 1330. The van der Waals surface area contributed by atoms with Crippen LogP contribution < -0.4 is 0 Å². The predicted octanol–water partition coefficient (Wildman–Crippen LogP) is 5.07. The van der Waals surface area contributed by atoms with Gasteiger partial charge in [-0.15, -0.1) is 0 Å². The third kappa shape index (κ3) is 6.07. The summed E-state index contributed by atoms with van der Waals surface area (Å²) >= 11 is 3.46. The van der Waals surface area contributed by atoms with Crippen LogP contribution in [0.2, 0.25) is 0 Å². The van der Waals surface area contributed by atoms with Gasteiger partial charge in [-0.2, -0.15) is 0 Å². The molecule has 4 atom stereocenters. The maximum Gasteiger partial charge on any atom is 0.234 e. The van der Waals surface area contributed by atoms with E-state index in [1.165, 1.54) is 4.90 Å². The smallest absolute Gasteiger partial charge is 0.234 e. The molecule has 1 saturated heterocycles. The third-order valence-electron chi connectivity index (χ3n) is 9.06. The number of halogens is 1. The minimum atomic E-state index is -1.02. The first-order chi connectivity index (χ1) is 19.8. The molecule has 8 heteroatoms.